The van der Waals surface area contributed by atoms with Crippen molar-refractivity contribution < 1.29 is 9.13 Å². The van der Waals surface area contributed by atoms with E-state index < -0.39 is 0 Å². The van der Waals surface area contributed by atoms with Crippen molar-refractivity contribution in [2.75, 3.05) is 13.2 Å². The van der Waals surface area contributed by atoms with Gasteiger partial charge >= 0.3 is 0 Å². The standard InChI is InChI=1S/C16H24FNO/c1-5-9-18-13(4)15-10-14(17)7-8-16(15)19-11-12(3)6-2/h7-8,10,13,18H,3,5-6,9,11H2,1-2,4H3. The maximum Gasteiger partial charge on any atom is 0.124 e. The van der Waals surface area contributed by atoms with Crippen LogP contribution >= 0.6 is 0 Å². The zero-order valence-electron chi connectivity index (χ0n) is 12.1. The van der Waals surface area contributed by atoms with Crippen LogP contribution in [0.4, 0.5) is 4.39 Å². The maximum atomic E-state index is 13.4. The van der Waals surface area contributed by atoms with E-state index >= 15 is 0 Å². The molecule has 1 rings (SSSR count). The molecule has 1 aromatic rings. The molecule has 1 unspecified atom stereocenters. The van der Waals surface area contributed by atoms with Gasteiger partial charge < -0.3 is 10.1 Å². The van der Waals surface area contributed by atoms with Crippen LogP contribution in [0.15, 0.2) is 30.4 Å². The minimum atomic E-state index is -0.234. The molecular formula is C16H24FNO. The SMILES string of the molecule is C=C(CC)COc1ccc(F)cc1C(C)NCCC. The lowest BCUT2D eigenvalue weighted by molar-refractivity contribution is 0.340. The Morgan fingerprint density at radius 1 is 1.42 bits per heavy atom. The van der Waals surface area contributed by atoms with Crippen molar-refractivity contribution in [1.29, 1.82) is 0 Å². The third kappa shape index (κ3) is 5.03. The highest BCUT2D eigenvalue weighted by atomic mass is 19.1. The quantitative estimate of drug-likeness (QED) is 0.710. The first-order chi connectivity index (χ1) is 9.08. The fourth-order valence-electron chi connectivity index (χ4n) is 1.74. The third-order valence-corrected chi connectivity index (χ3v) is 3.07. The highest BCUT2D eigenvalue weighted by Crippen LogP contribution is 2.26. The van der Waals surface area contributed by atoms with Crippen LogP contribution in [0.1, 0.15) is 45.2 Å². The summed E-state index contributed by atoms with van der Waals surface area (Å²) in [7, 11) is 0. The molecule has 2 nitrogen and oxygen atoms in total. The molecular weight excluding hydrogens is 241 g/mol. The minimum absolute atomic E-state index is 0.0699. The molecule has 0 bridgehead atoms. The van der Waals surface area contributed by atoms with Crippen LogP contribution in [-0.2, 0) is 0 Å². The predicted molar refractivity (Wildman–Crippen MR) is 78.0 cm³/mol. The molecule has 0 saturated heterocycles. The second-order valence-electron chi connectivity index (χ2n) is 4.75. The molecule has 1 N–H and O–H groups in total. The first kappa shape index (κ1) is 15.7. The van der Waals surface area contributed by atoms with Gasteiger partial charge in [0.2, 0.25) is 0 Å². The average molecular weight is 265 g/mol. The molecule has 3 heteroatoms. The van der Waals surface area contributed by atoms with E-state index in [-0.39, 0.29) is 11.9 Å². The van der Waals surface area contributed by atoms with E-state index in [1.54, 1.807) is 6.07 Å². The molecule has 1 atom stereocenters. The molecule has 0 heterocycles. The number of benzene rings is 1. The molecule has 0 aliphatic heterocycles. The van der Waals surface area contributed by atoms with Crippen LogP contribution < -0.4 is 10.1 Å². The first-order valence-corrected chi connectivity index (χ1v) is 6.90. The highest BCUT2D eigenvalue weighted by Gasteiger charge is 2.12. The Labute approximate surface area is 115 Å². The Balaban J connectivity index is 2.81. The monoisotopic (exact) mass is 265 g/mol. The van der Waals surface area contributed by atoms with Gasteiger partial charge in [-0.25, -0.2) is 4.39 Å². The molecule has 0 spiro atoms. The molecule has 0 aromatic heterocycles. The second kappa shape index (κ2) is 7.95. The first-order valence-electron chi connectivity index (χ1n) is 6.90. The van der Waals surface area contributed by atoms with Crippen LogP contribution in [0, 0.1) is 5.82 Å². The maximum absolute atomic E-state index is 13.4. The van der Waals surface area contributed by atoms with Crippen LogP contribution in [0.25, 0.3) is 0 Å². The van der Waals surface area contributed by atoms with Gasteiger partial charge in [0, 0.05) is 11.6 Å². The van der Waals surface area contributed by atoms with E-state index in [9.17, 15) is 4.39 Å². The Morgan fingerprint density at radius 3 is 2.79 bits per heavy atom. The summed E-state index contributed by atoms with van der Waals surface area (Å²) in [4.78, 5) is 0. The zero-order valence-corrected chi connectivity index (χ0v) is 12.1. The Hall–Kier alpha value is -1.35. The fourth-order valence-corrected chi connectivity index (χ4v) is 1.74. The van der Waals surface area contributed by atoms with Crippen molar-refractivity contribution in [2.24, 2.45) is 0 Å². The van der Waals surface area contributed by atoms with Crippen molar-refractivity contribution in [3.63, 3.8) is 0 Å². The summed E-state index contributed by atoms with van der Waals surface area (Å²) in [5.74, 6) is 0.494. The van der Waals surface area contributed by atoms with Gasteiger partial charge in [0.1, 0.15) is 18.2 Å². The zero-order chi connectivity index (χ0) is 14.3. The molecule has 0 aliphatic carbocycles. The highest BCUT2D eigenvalue weighted by molar-refractivity contribution is 5.36. The van der Waals surface area contributed by atoms with E-state index in [1.165, 1.54) is 12.1 Å². The van der Waals surface area contributed by atoms with Crippen molar-refractivity contribution >= 4 is 0 Å². The lowest BCUT2D eigenvalue weighted by Gasteiger charge is -2.18. The lowest BCUT2D eigenvalue weighted by atomic mass is 10.1. The number of hydrogen-bond acceptors (Lipinski definition) is 2. The topological polar surface area (TPSA) is 21.3 Å². The van der Waals surface area contributed by atoms with Crippen molar-refractivity contribution in [3.8, 4) is 5.75 Å². The smallest absolute Gasteiger partial charge is 0.124 e. The van der Waals surface area contributed by atoms with E-state index in [1.807, 2.05) is 13.8 Å². The number of rotatable bonds is 8. The molecule has 106 valence electrons. The molecule has 0 radical (unpaired) electrons. The summed E-state index contributed by atoms with van der Waals surface area (Å²) >= 11 is 0. The number of halogens is 1. The van der Waals surface area contributed by atoms with Crippen LogP contribution in [0.5, 0.6) is 5.75 Å². The van der Waals surface area contributed by atoms with Crippen LogP contribution in [0.2, 0.25) is 0 Å². The normalized spacial score (nSPS) is 12.2. The summed E-state index contributed by atoms with van der Waals surface area (Å²) in [5.41, 5.74) is 1.89. The van der Waals surface area contributed by atoms with Gasteiger partial charge in [-0.1, -0.05) is 20.4 Å². The number of nitrogens with one attached hydrogen (secondary N) is 1. The van der Waals surface area contributed by atoms with Gasteiger partial charge in [0.25, 0.3) is 0 Å². The Kier molecular flexibility index (Phi) is 6.57. The van der Waals surface area contributed by atoms with E-state index in [0.29, 0.717) is 6.61 Å². The Bertz CT molecular complexity index is 417. The van der Waals surface area contributed by atoms with Gasteiger partial charge in [-0.3, -0.25) is 0 Å². The average Bonchev–Trinajstić information content (AvgIpc) is 2.42. The van der Waals surface area contributed by atoms with E-state index in [0.717, 1.165) is 36.3 Å². The van der Waals surface area contributed by atoms with Crippen LogP contribution in [-0.4, -0.2) is 13.2 Å². The Morgan fingerprint density at radius 2 is 2.16 bits per heavy atom. The van der Waals surface area contributed by atoms with Gasteiger partial charge in [-0.2, -0.15) is 0 Å². The molecule has 0 fully saturated rings. The van der Waals surface area contributed by atoms with Gasteiger partial charge in [-0.15, -0.1) is 0 Å². The van der Waals surface area contributed by atoms with Gasteiger partial charge in [0.15, 0.2) is 0 Å². The summed E-state index contributed by atoms with van der Waals surface area (Å²) in [6.07, 6.45) is 1.93. The lowest BCUT2D eigenvalue weighted by Crippen LogP contribution is -2.20. The van der Waals surface area contributed by atoms with Crippen molar-refractivity contribution in [3.05, 3.63) is 41.7 Å². The molecule has 0 aliphatic rings. The molecule has 19 heavy (non-hydrogen) atoms. The number of ether oxygens (including phenoxy) is 1. The summed E-state index contributed by atoms with van der Waals surface area (Å²) in [6, 6.07) is 4.73. The van der Waals surface area contributed by atoms with Crippen molar-refractivity contribution in [1.82, 2.24) is 5.32 Å². The summed E-state index contributed by atoms with van der Waals surface area (Å²) in [5, 5.41) is 3.35. The van der Waals surface area contributed by atoms with E-state index in [2.05, 4.69) is 18.8 Å². The van der Waals surface area contributed by atoms with Crippen LogP contribution in [0.3, 0.4) is 0 Å². The largest absolute Gasteiger partial charge is 0.489 e. The second-order valence-corrected chi connectivity index (χ2v) is 4.75. The molecule has 1 aromatic carbocycles. The predicted octanol–water partition coefficient (Wildman–Crippen LogP) is 4.23. The number of hydrogen-bond donors (Lipinski definition) is 1. The third-order valence-electron chi connectivity index (χ3n) is 3.07. The van der Waals surface area contributed by atoms with Crippen molar-refractivity contribution in [2.45, 2.75) is 39.7 Å². The minimum Gasteiger partial charge on any atom is -0.489 e. The molecule has 0 saturated carbocycles. The fraction of sp³-hybridized carbons (Fsp3) is 0.500. The van der Waals surface area contributed by atoms with E-state index in [4.69, 9.17) is 4.74 Å². The summed E-state index contributed by atoms with van der Waals surface area (Å²) in [6.45, 7) is 11.5. The molecule has 0 amide bonds. The van der Waals surface area contributed by atoms with Gasteiger partial charge in [0.05, 0.1) is 0 Å². The van der Waals surface area contributed by atoms with Gasteiger partial charge in [-0.05, 0) is 50.1 Å². The summed E-state index contributed by atoms with van der Waals surface area (Å²) < 4.78 is 19.1.